The summed E-state index contributed by atoms with van der Waals surface area (Å²) in [6, 6.07) is 5.08. The van der Waals surface area contributed by atoms with Gasteiger partial charge < -0.3 is 9.15 Å². The molecule has 0 saturated heterocycles. The normalized spacial score (nSPS) is 11.2. The molecule has 0 aliphatic heterocycles. The third-order valence-corrected chi connectivity index (χ3v) is 4.39. The van der Waals surface area contributed by atoms with Crippen molar-refractivity contribution in [1.29, 1.82) is 0 Å². The number of benzene rings is 1. The van der Waals surface area contributed by atoms with Crippen LogP contribution in [0.3, 0.4) is 0 Å². The lowest BCUT2D eigenvalue weighted by Crippen LogP contribution is -2.07. The van der Waals surface area contributed by atoms with Gasteiger partial charge in [0.05, 0.1) is 6.61 Å². The summed E-state index contributed by atoms with van der Waals surface area (Å²) < 4.78 is 25.3. The highest BCUT2D eigenvalue weighted by Gasteiger charge is 2.14. The molecular formula is C21H29FO3. The van der Waals surface area contributed by atoms with E-state index in [4.69, 9.17) is 9.15 Å². The largest absolute Gasteiger partial charge is 0.490 e. The van der Waals surface area contributed by atoms with Crippen LogP contribution in [0.2, 0.25) is 0 Å². The number of unbranched alkanes of at least 4 members (excludes halogenated alkanes) is 6. The van der Waals surface area contributed by atoms with Crippen molar-refractivity contribution in [1.82, 2.24) is 0 Å². The molecule has 138 valence electrons. The van der Waals surface area contributed by atoms with Gasteiger partial charge in [0.1, 0.15) is 11.1 Å². The van der Waals surface area contributed by atoms with Crippen LogP contribution in [0.25, 0.3) is 10.8 Å². The first-order chi connectivity index (χ1) is 12.2. The molecule has 0 radical (unpaired) electrons. The van der Waals surface area contributed by atoms with E-state index < -0.39 is 11.4 Å². The van der Waals surface area contributed by atoms with Crippen LogP contribution in [-0.2, 0) is 6.42 Å². The average molecular weight is 348 g/mol. The molecule has 0 saturated carbocycles. The summed E-state index contributed by atoms with van der Waals surface area (Å²) in [6.45, 7) is 4.68. The first-order valence-electron chi connectivity index (χ1n) is 9.55. The van der Waals surface area contributed by atoms with Gasteiger partial charge in [0.2, 0.25) is 0 Å². The van der Waals surface area contributed by atoms with Gasteiger partial charge >= 0.3 is 5.63 Å². The second-order valence-electron chi connectivity index (χ2n) is 6.56. The Morgan fingerprint density at radius 3 is 2.44 bits per heavy atom. The smallest absolute Gasteiger partial charge is 0.346 e. The minimum Gasteiger partial charge on any atom is -0.490 e. The highest BCUT2D eigenvalue weighted by molar-refractivity contribution is 5.83. The van der Waals surface area contributed by atoms with E-state index in [0.717, 1.165) is 19.3 Å². The molecule has 0 aliphatic carbocycles. The van der Waals surface area contributed by atoms with E-state index >= 15 is 0 Å². The molecule has 4 heteroatoms. The Bertz CT molecular complexity index is 721. The lowest BCUT2D eigenvalue weighted by Gasteiger charge is -2.09. The number of halogens is 1. The molecule has 0 bridgehead atoms. The van der Waals surface area contributed by atoms with E-state index in [-0.39, 0.29) is 11.1 Å². The van der Waals surface area contributed by atoms with E-state index in [9.17, 15) is 9.18 Å². The van der Waals surface area contributed by atoms with Gasteiger partial charge in [-0.05, 0) is 30.4 Å². The molecule has 0 amide bonds. The summed E-state index contributed by atoms with van der Waals surface area (Å²) in [5, 5.41) is 0.553. The molecule has 0 unspecified atom stereocenters. The van der Waals surface area contributed by atoms with Gasteiger partial charge in [-0.25, -0.2) is 9.18 Å². The minimum absolute atomic E-state index is 0.0167. The van der Waals surface area contributed by atoms with Gasteiger partial charge in [0.15, 0.2) is 11.6 Å². The van der Waals surface area contributed by atoms with Crippen molar-refractivity contribution in [2.24, 2.45) is 0 Å². The van der Waals surface area contributed by atoms with Gasteiger partial charge in [0.25, 0.3) is 0 Å². The molecule has 1 aromatic heterocycles. The standard InChI is InChI=1S/C21H29FO3/c1-3-5-6-7-8-9-10-14-24-18-13-12-16-15-17(11-4-2)25-21(23)19(16)20(18)22/h12-13,15H,3-11,14H2,1-2H3. The second-order valence-corrected chi connectivity index (χ2v) is 6.56. The number of ether oxygens (including phenoxy) is 1. The topological polar surface area (TPSA) is 39.4 Å². The Hall–Kier alpha value is -1.84. The Balaban J connectivity index is 1.94. The van der Waals surface area contributed by atoms with Crippen molar-refractivity contribution >= 4 is 10.8 Å². The van der Waals surface area contributed by atoms with Crippen LogP contribution >= 0.6 is 0 Å². The molecule has 2 aromatic rings. The lowest BCUT2D eigenvalue weighted by molar-refractivity contribution is 0.291. The van der Waals surface area contributed by atoms with E-state index in [0.29, 0.717) is 24.2 Å². The van der Waals surface area contributed by atoms with Gasteiger partial charge in [-0.1, -0.05) is 58.4 Å². The van der Waals surface area contributed by atoms with Crippen LogP contribution in [0, 0.1) is 5.82 Å². The van der Waals surface area contributed by atoms with Crippen LogP contribution in [0.1, 0.15) is 71.0 Å². The van der Waals surface area contributed by atoms with Gasteiger partial charge in [0, 0.05) is 6.42 Å². The van der Waals surface area contributed by atoms with Gasteiger partial charge in [-0.3, -0.25) is 0 Å². The number of fused-ring (bicyclic) bond motifs is 1. The molecule has 0 fully saturated rings. The van der Waals surface area contributed by atoms with Crippen molar-refractivity contribution < 1.29 is 13.5 Å². The zero-order valence-corrected chi connectivity index (χ0v) is 15.4. The number of hydrogen-bond acceptors (Lipinski definition) is 3. The Morgan fingerprint density at radius 2 is 1.72 bits per heavy atom. The SMILES string of the molecule is CCCCCCCCCOc1ccc2cc(CCC)oc(=O)c2c1F. The number of rotatable bonds is 11. The summed E-state index contributed by atoms with van der Waals surface area (Å²) >= 11 is 0. The zero-order chi connectivity index (χ0) is 18.1. The molecule has 0 spiro atoms. The summed E-state index contributed by atoms with van der Waals surface area (Å²) in [4.78, 5) is 12.1. The predicted octanol–water partition coefficient (Wildman–Crippen LogP) is 6.01. The molecule has 1 heterocycles. The van der Waals surface area contributed by atoms with E-state index in [1.807, 2.05) is 6.92 Å². The maximum atomic E-state index is 14.6. The lowest BCUT2D eigenvalue weighted by atomic mass is 10.1. The van der Waals surface area contributed by atoms with Crippen LogP contribution < -0.4 is 10.4 Å². The van der Waals surface area contributed by atoms with Crippen LogP contribution in [0.5, 0.6) is 5.75 Å². The third-order valence-electron chi connectivity index (χ3n) is 4.39. The van der Waals surface area contributed by atoms with Crippen molar-refractivity contribution in [3.8, 4) is 5.75 Å². The van der Waals surface area contributed by atoms with E-state index in [2.05, 4.69) is 6.92 Å². The molecule has 2 rings (SSSR count). The number of aryl methyl sites for hydroxylation is 1. The fourth-order valence-electron chi connectivity index (χ4n) is 2.99. The van der Waals surface area contributed by atoms with Crippen molar-refractivity contribution in [2.45, 2.75) is 71.6 Å². The van der Waals surface area contributed by atoms with Crippen molar-refractivity contribution in [2.75, 3.05) is 6.61 Å². The van der Waals surface area contributed by atoms with E-state index in [1.54, 1.807) is 18.2 Å². The van der Waals surface area contributed by atoms with Crippen LogP contribution in [-0.4, -0.2) is 6.61 Å². The highest BCUT2D eigenvalue weighted by atomic mass is 19.1. The average Bonchev–Trinajstić information content (AvgIpc) is 2.59. The second kappa shape index (κ2) is 10.2. The Morgan fingerprint density at radius 1 is 1.00 bits per heavy atom. The van der Waals surface area contributed by atoms with Crippen molar-refractivity contribution in [3.63, 3.8) is 0 Å². The third kappa shape index (κ3) is 5.58. The maximum absolute atomic E-state index is 14.6. The summed E-state index contributed by atoms with van der Waals surface area (Å²) in [5.41, 5.74) is -0.625. The Labute approximate surface area is 149 Å². The molecule has 0 N–H and O–H groups in total. The quantitative estimate of drug-likeness (QED) is 0.467. The first kappa shape index (κ1) is 19.5. The molecule has 3 nitrogen and oxygen atoms in total. The summed E-state index contributed by atoms with van der Waals surface area (Å²) in [6.07, 6.45) is 9.79. The highest BCUT2D eigenvalue weighted by Crippen LogP contribution is 2.25. The van der Waals surface area contributed by atoms with Crippen molar-refractivity contribution in [3.05, 3.63) is 40.2 Å². The van der Waals surface area contributed by atoms with Crippen LogP contribution in [0.4, 0.5) is 4.39 Å². The minimum atomic E-state index is -0.625. The molecular weight excluding hydrogens is 319 g/mol. The molecule has 1 aromatic carbocycles. The zero-order valence-electron chi connectivity index (χ0n) is 15.4. The van der Waals surface area contributed by atoms with Gasteiger partial charge in [-0.2, -0.15) is 0 Å². The molecule has 0 atom stereocenters. The van der Waals surface area contributed by atoms with Crippen LogP contribution in [0.15, 0.2) is 27.4 Å². The molecule has 0 aliphatic rings. The summed E-state index contributed by atoms with van der Waals surface area (Å²) in [5.74, 6) is 0.113. The van der Waals surface area contributed by atoms with Gasteiger partial charge in [-0.15, -0.1) is 0 Å². The fourth-order valence-corrected chi connectivity index (χ4v) is 2.99. The number of hydrogen-bond donors (Lipinski definition) is 0. The fraction of sp³-hybridized carbons (Fsp3) is 0.571. The molecule has 25 heavy (non-hydrogen) atoms. The maximum Gasteiger partial charge on any atom is 0.346 e. The monoisotopic (exact) mass is 348 g/mol. The summed E-state index contributed by atoms with van der Waals surface area (Å²) in [7, 11) is 0. The first-order valence-corrected chi connectivity index (χ1v) is 9.55. The predicted molar refractivity (Wildman–Crippen MR) is 99.9 cm³/mol. The van der Waals surface area contributed by atoms with E-state index in [1.165, 1.54) is 32.1 Å². The Kier molecular flexibility index (Phi) is 7.96.